The van der Waals surface area contributed by atoms with Gasteiger partial charge in [0.2, 0.25) is 5.89 Å². The molecule has 0 bridgehead atoms. The summed E-state index contributed by atoms with van der Waals surface area (Å²) in [6, 6.07) is 0. The van der Waals surface area contributed by atoms with Crippen LogP contribution in [0.4, 0.5) is 0 Å². The first kappa shape index (κ1) is 11.2. The summed E-state index contributed by atoms with van der Waals surface area (Å²) in [6.07, 6.45) is 4.50. The van der Waals surface area contributed by atoms with Crippen molar-refractivity contribution in [1.82, 2.24) is 15.5 Å². The molecule has 1 rings (SSSR count). The van der Waals surface area contributed by atoms with Crippen molar-refractivity contribution in [2.24, 2.45) is 0 Å². The van der Waals surface area contributed by atoms with E-state index in [1.54, 1.807) is 0 Å². The van der Waals surface area contributed by atoms with Crippen LogP contribution in [0.1, 0.15) is 44.8 Å². The van der Waals surface area contributed by atoms with Gasteiger partial charge in [0.15, 0.2) is 5.82 Å². The van der Waals surface area contributed by atoms with Crippen molar-refractivity contribution in [3.8, 4) is 0 Å². The second-order valence-corrected chi connectivity index (χ2v) is 3.34. The van der Waals surface area contributed by atoms with Crippen LogP contribution in [-0.4, -0.2) is 16.7 Å². The molecule has 4 heteroatoms. The number of rotatable bonds is 7. The maximum atomic E-state index is 5.11. The fraction of sp³-hybridized carbons (Fsp3) is 0.800. The maximum Gasteiger partial charge on any atom is 0.226 e. The molecule has 0 atom stereocenters. The van der Waals surface area contributed by atoms with Crippen molar-refractivity contribution < 1.29 is 4.52 Å². The molecule has 0 aliphatic heterocycles. The average molecular weight is 197 g/mol. The van der Waals surface area contributed by atoms with Gasteiger partial charge in [0.1, 0.15) is 0 Å². The Morgan fingerprint density at radius 2 is 2.14 bits per heavy atom. The topological polar surface area (TPSA) is 51.0 Å². The quantitative estimate of drug-likeness (QED) is 0.678. The highest BCUT2D eigenvalue weighted by Crippen LogP contribution is 2.04. The van der Waals surface area contributed by atoms with Gasteiger partial charge >= 0.3 is 0 Å². The SMILES string of the molecule is CCCCCc1nc(CNCC)no1. The lowest BCUT2D eigenvalue weighted by Gasteiger charge is -1.93. The Hall–Kier alpha value is -0.900. The normalized spacial score (nSPS) is 10.7. The van der Waals surface area contributed by atoms with E-state index in [1.807, 2.05) is 0 Å². The highest BCUT2D eigenvalue weighted by molar-refractivity contribution is 4.85. The van der Waals surface area contributed by atoms with Crippen LogP contribution >= 0.6 is 0 Å². The van der Waals surface area contributed by atoms with Crippen molar-refractivity contribution in [3.63, 3.8) is 0 Å². The van der Waals surface area contributed by atoms with Crippen LogP contribution in [0.5, 0.6) is 0 Å². The van der Waals surface area contributed by atoms with Crippen LogP contribution in [0.3, 0.4) is 0 Å². The zero-order valence-corrected chi connectivity index (χ0v) is 9.05. The van der Waals surface area contributed by atoms with E-state index in [-0.39, 0.29) is 0 Å². The minimum Gasteiger partial charge on any atom is -0.339 e. The summed E-state index contributed by atoms with van der Waals surface area (Å²) in [4.78, 5) is 4.28. The standard InChI is InChI=1S/C10H19N3O/c1-3-5-6-7-10-12-9(13-14-10)8-11-4-2/h11H,3-8H2,1-2H3. The van der Waals surface area contributed by atoms with E-state index in [1.165, 1.54) is 12.8 Å². The minimum absolute atomic E-state index is 0.702. The Labute approximate surface area is 85.1 Å². The summed E-state index contributed by atoms with van der Waals surface area (Å²) in [7, 11) is 0. The first-order valence-electron chi connectivity index (χ1n) is 5.39. The fourth-order valence-corrected chi connectivity index (χ4v) is 1.23. The zero-order valence-electron chi connectivity index (χ0n) is 9.05. The molecular weight excluding hydrogens is 178 g/mol. The Bertz CT molecular complexity index is 247. The number of nitrogens with zero attached hydrogens (tertiary/aromatic N) is 2. The van der Waals surface area contributed by atoms with Crippen LogP contribution in [0.2, 0.25) is 0 Å². The molecule has 0 aliphatic rings. The van der Waals surface area contributed by atoms with Gasteiger partial charge in [0.25, 0.3) is 0 Å². The first-order valence-corrected chi connectivity index (χ1v) is 5.39. The Balaban J connectivity index is 2.27. The molecule has 0 aromatic carbocycles. The molecule has 1 aromatic rings. The number of hydrogen-bond donors (Lipinski definition) is 1. The summed E-state index contributed by atoms with van der Waals surface area (Å²) in [6.45, 7) is 5.88. The molecule has 0 amide bonds. The number of aryl methyl sites for hydroxylation is 1. The van der Waals surface area contributed by atoms with Crippen molar-refractivity contribution >= 4 is 0 Å². The molecule has 0 aliphatic carbocycles. The number of nitrogens with one attached hydrogen (secondary N) is 1. The van der Waals surface area contributed by atoms with Crippen molar-refractivity contribution in [1.29, 1.82) is 0 Å². The van der Waals surface area contributed by atoms with Gasteiger partial charge in [-0.15, -0.1) is 0 Å². The van der Waals surface area contributed by atoms with Gasteiger partial charge in [-0.25, -0.2) is 0 Å². The van der Waals surface area contributed by atoms with Crippen molar-refractivity contribution in [2.45, 2.75) is 46.1 Å². The Morgan fingerprint density at radius 3 is 2.86 bits per heavy atom. The molecule has 14 heavy (non-hydrogen) atoms. The highest BCUT2D eigenvalue weighted by Gasteiger charge is 2.04. The van der Waals surface area contributed by atoms with Crippen molar-refractivity contribution in [2.75, 3.05) is 6.54 Å². The van der Waals surface area contributed by atoms with E-state index in [9.17, 15) is 0 Å². The lowest BCUT2D eigenvalue weighted by molar-refractivity contribution is 0.368. The maximum absolute atomic E-state index is 5.11. The summed E-state index contributed by atoms with van der Waals surface area (Å²) in [5.41, 5.74) is 0. The van der Waals surface area contributed by atoms with Gasteiger partial charge in [0, 0.05) is 6.42 Å². The Kier molecular flexibility index (Phi) is 5.22. The molecule has 0 fully saturated rings. The van der Waals surface area contributed by atoms with E-state index in [2.05, 4.69) is 29.3 Å². The smallest absolute Gasteiger partial charge is 0.226 e. The van der Waals surface area contributed by atoms with Gasteiger partial charge in [0.05, 0.1) is 6.54 Å². The van der Waals surface area contributed by atoms with Crippen LogP contribution in [0.25, 0.3) is 0 Å². The predicted octanol–water partition coefficient (Wildman–Crippen LogP) is 1.91. The molecule has 0 spiro atoms. The second-order valence-electron chi connectivity index (χ2n) is 3.34. The first-order chi connectivity index (χ1) is 6.86. The van der Waals surface area contributed by atoms with E-state index >= 15 is 0 Å². The molecular formula is C10H19N3O. The number of hydrogen-bond acceptors (Lipinski definition) is 4. The molecule has 0 saturated heterocycles. The van der Waals surface area contributed by atoms with Crippen LogP contribution in [0, 0.1) is 0 Å². The molecule has 0 radical (unpaired) electrons. The van der Waals surface area contributed by atoms with Gasteiger partial charge in [-0.05, 0) is 13.0 Å². The van der Waals surface area contributed by atoms with E-state index in [0.717, 1.165) is 31.1 Å². The average Bonchev–Trinajstić information content (AvgIpc) is 2.63. The zero-order chi connectivity index (χ0) is 10.2. The van der Waals surface area contributed by atoms with E-state index < -0.39 is 0 Å². The lowest BCUT2D eigenvalue weighted by Crippen LogP contribution is -2.12. The third kappa shape index (κ3) is 3.87. The molecule has 1 N–H and O–H groups in total. The van der Waals surface area contributed by atoms with Gasteiger partial charge in [-0.2, -0.15) is 4.98 Å². The second kappa shape index (κ2) is 6.54. The van der Waals surface area contributed by atoms with E-state index in [4.69, 9.17) is 4.52 Å². The van der Waals surface area contributed by atoms with Gasteiger partial charge in [-0.1, -0.05) is 31.8 Å². The lowest BCUT2D eigenvalue weighted by atomic mass is 10.2. The summed E-state index contributed by atoms with van der Waals surface area (Å²) < 4.78 is 5.11. The summed E-state index contributed by atoms with van der Waals surface area (Å²) >= 11 is 0. The van der Waals surface area contributed by atoms with E-state index in [0.29, 0.717) is 6.54 Å². The fourth-order valence-electron chi connectivity index (χ4n) is 1.23. The minimum atomic E-state index is 0.702. The molecule has 4 nitrogen and oxygen atoms in total. The highest BCUT2D eigenvalue weighted by atomic mass is 16.5. The third-order valence-electron chi connectivity index (χ3n) is 2.04. The molecule has 1 aromatic heterocycles. The van der Waals surface area contributed by atoms with Gasteiger partial charge in [-0.3, -0.25) is 0 Å². The van der Waals surface area contributed by atoms with Crippen LogP contribution in [-0.2, 0) is 13.0 Å². The molecule has 0 saturated carbocycles. The van der Waals surface area contributed by atoms with Crippen LogP contribution in [0.15, 0.2) is 4.52 Å². The molecule has 0 unspecified atom stereocenters. The van der Waals surface area contributed by atoms with Crippen LogP contribution < -0.4 is 5.32 Å². The third-order valence-corrected chi connectivity index (χ3v) is 2.04. The monoisotopic (exact) mass is 197 g/mol. The Morgan fingerprint density at radius 1 is 1.29 bits per heavy atom. The molecule has 80 valence electrons. The largest absolute Gasteiger partial charge is 0.339 e. The predicted molar refractivity (Wildman–Crippen MR) is 54.9 cm³/mol. The van der Waals surface area contributed by atoms with Gasteiger partial charge < -0.3 is 9.84 Å². The summed E-state index contributed by atoms with van der Waals surface area (Å²) in [5, 5.41) is 7.04. The van der Waals surface area contributed by atoms with Crippen molar-refractivity contribution in [3.05, 3.63) is 11.7 Å². The number of aromatic nitrogens is 2. The summed E-state index contributed by atoms with van der Waals surface area (Å²) in [5.74, 6) is 1.53. The molecule has 1 heterocycles. The number of unbranched alkanes of at least 4 members (excludes halogenated alkanes) is 2.